The highest BCUT2D eigenvalue weighted by Gasteiger charge is 2.16. The summed E-state index contributed by atoms with van der Waals surface area (Å²) in [6, 6.07) is 3.49. The Kier molecular flexibility index (Phi) is 5.48. The minimum atomic E-state index is -0.440. The minimum absolute atomic E-state index is 0.0566. The van der Waals surface area contributed by atoms with E-state index in [2.05, 4.69) is 10.6 Å². The summed E-state index contributed by atoms with van der Waals surface area (Å²) in [4.78, 5) is 23.3. The van der Waals surface area contributed by atoms with Gasteiger partial charge in [-0.1, -0.05) is 6.92 Å². The normalized spacial score (nSPS) is 11.8. The summed E-state index contributed by atoms with van der Waals surface area (Å²) < 4.78 is 1.82. The van der Waals surface area contributed by atoms with E-state index < -0.39 is 6.03 Å². The molecule has 1 aromatic heterocycles. The van der Waals surface area contributed by atoms with Crippen LogP contribution in [0.15, 0.2) is 18.3 Å². The van der Waals surface area contributed by atoms with Crippen molar-refractivity contribution in [3.8, 4) is 0 Å². The van der Waals surface area contributed by atoms with E-state index in [-0.39, 0.29) is 18.5 Å². The molecule has 0 aliphatic heterocycles. The van der Waals surface area contributed by atoms with Crippen molar-refractivity contribution in [2.24, 2.45) is 0 Å². The number of carbonyl (C=O) groups excluding carboxylic acids is 2. The molecule has 0 saturated carbocycles. The Hall–Kier alpha value is -1.91. The predicted octanol–water partition coefficient (Wildman–Crippen LogP) is 1.22. The third kappa shape index (κ3) is 4.69. The zero-order valence-electron chi connectivity index (χ0n) is 12.0. The number of urea groups is 1. The number of carbonyl (C=O) groups is 2. The molecule has 5 heteroatoms. The van der Waals surface area contributed by atoms with Crippen LogP contribution in [0.2, 0.25) is 0 Å². The molecule has 0 aliphatic carbocycles. The van der Waals surface area contributed by atoms with Crippen molar-refractivity contribution in [1.82, 2.24) is 10.6 Å². The molecule has 0 unspecified atom stereocenters. The fraction of sp³-hybridized carbons (Fsp3) is 0.500. The highest BCUT2D eigenvalue weighted by molar-refractivity contribution is 5.93. The molecule has 3 amide bonds. The van der Waals surface area contributed by atoms with Crippen LogP contribution in [0.4, 0.5) is 4.79 Å². The van der Waals surface area contributed by atoms with Gasteiger partial charge in [-0.2, -0.15) is 4.57 Å². The average molecular weight is 264 g/mol. The van der Waals surface area contributed by atoms with Gasteiger partial charge in [-0.3, -0.25) is 10.1 Å². The lowest BCUT2D eigenvalue weighted by Gasteiger charge is -2.11. The van der Waals surface area contributed by atoms with Gasteiger partial charge in [0.15, 0.2) is 11.9 Å². The Balaban J connectivity index is 2.56. The Morgan fingerprint density at radius 1 is 1.37 bits per heavy atom. The molecule has 1 aromatic rings. The first kappa shape index (κ1) is 15.1. The van der Waals surface area contributed by atoms with Gasteiger partial charge in [0.2, 0.25) is 6.54 Å². The molecule has 2 N–H and O–H groups in total. The largest absolute Gasteiger partial charge is 0.335 e. The number of nitrogens with zero attached hydrogens (tertiary/aromatic N) is 1. The monoisotopic (exact) mass is 264 g/mol. The maximum atomic E-state index is 11.8. The molecule has 0 bridgehead atoms. The zero-order chi connectivity index (χ0) is 14.4. The van der Waals surface area contributed by atoms with Gasteiger partial charge in [0.1, 0.15) is 0 Å². The number of imide groups is 1. The fourth-order valence-electron chi connectivity index (χ4n) is 1.60. The van der Waals surface area contributed by atoms with E-state index >= 15 is 0 Å². The van der Waals surface area contributed by atoms with Crippen molar-refractivity contribution in [1.29, 1.82) is 0 Å². The summed E-state index contributed by atoms with van der Waals surface area (Å²) in [7, 11) is 0. The first-order chi connectivity index (χ1) is 8.93. The fourth-order valence-corrected chi connectivity index (χ4v) is 1.60. The van der Waals surface area contributed by atoms with Gasteiger partial charge in [-0.15, -0.1) is 0 Å². The second-order valence-electron chi connectivity index (χ2n) is 4.74. The zero-order valence-corrected chi connectivity index (χ0v) is 12.0. The average Bonchev–Trinajstić information content (AvgIpc) is 2.34. The van der Waals surface area contributed by atoms with Crippen molar-refractivity contribution >= 4 is 11.9 Å². The van der Waals surface area contributed by atoms with Gasteiger partial charge in [-0.05, 0) is 26.3 Å². The van der Waals surface area contributed by atoms with Gasteiger partial charge in [0.25, 0.3) is 5.91 Å². The maximum Gasteiger partial charge on any atom is 0.321 e. The van der Waals surface area contributed by atoms with Gasteiger partial charge in [0, 0.05) is 24.6 Å². The van der Waals surface area contributed by atoms with Crippen LogP contribution in [-0.4, -0.2) is 18.0 Å². The Morgan fingerprint density at radius 2 is 2.05 bits per heavy atom. The van der Waals surface area contributed by atoms with Crippen molar-refractivity contribution in [2.45, 2.75) is 46.7 Å². The third-order valence-corrected chi connectivity index (χ3v) is 3.17. The molecule has 1 heterocycles. The molecular formula is C14H22N3O2+. The highest BCUT2D eigenvalue weighted by Crippen LogP contribution is 1.98. The second-order valence-corrected chi connectivity index (χ2v) is 4.74. The van der Waals surface area contributed by atoms with Crippen LogP contribution < -0.4 is 15.2 Å². The van der Waals surface area contributed by atoms with Crippen molar-refractivity contribution in [2.75, 3.05) is 0 Å². The van der Waals surface area contributed by atoms with E-state index in [4.69, 9.17) is 0 Å². The number of hydrogen-bond donors (Lipinski definition) is 2. The number of rotatable bonds is 4. The van der Waals surface area contributed by atoms with Gasteiger partial charge in [0.05, 0.1) is 0 Å². The highest BCUT2D eigenvalue weighted by atomic mass is 16.2. The first-order valence-electron chi connectivity index (χ1n) is 6.50. The third-order valence-electron chi connectivity index (χ3n) is 3.17. The molecule has 19 heavy (non-hydrogen) atoms. The summed E-state index contributed by atoms with van der Waals surface area (Å²) in [5.41, 5.74) is 2.12. The summed E-state index contributed by atoms with van der Waals surface area (Å²) in [5.74, 6) is -0.320. The smallest absolute Gasteiger partial charge is 0.321 e. The van der Waals surface area contributed by atoms with Gasteiger partial charge < -0.3 is 5.32 Å². The van der Waals surface area contributed by atoms with E-state index in [0.717, 1.165) is 17.7 Å². The van der Waals surface area contributed by atoms with E-state index in [1.807, 2.05) is 50.6 Å². The second kappa shape index (κ2) is 6.87. The van der Waals surface area contributed by atoms with E-state index in [1.165, 1.54) is 0 Å². The van der Waals surface area contributed by atoms with Crippen LogP contribution in [0.3, 0.4) is 0 Å². The quantitative estimate of drug-likeness (QED) is 0.803. The molecule has 0 radical (unpaired) electrons. The standard InChI is InChI=1S/C14H21N3O2/c1-5-11(3)15-14(19)16-13(18)9-17-8-6-7-10(2)12(17)4/h6-8,11H,5,9H2,1-4H3,(H-,15,16,18,19)/p+1/t11-/m0/s1. The summed E-state index contributed by atoms with van der Waals surface area (Å²) in [6.07, 6.45) is 2.65. The van der Waals surface area contributed by atoms with Crippen LogP contribution in [0.25, 0.3) is 0 Å². The molecule has 0 aliphatic rings. The van der Waals surface area contributed by atoms with Crippen LogP contribution in [0, 0.1) is 13.8 Å². The minimum Gasteiger partial charge on any atom is -0.335 e. The molecule has 0 aromatic carbocycles. The molecule has 0 saturated heterocycles. The molecule has 1 rings (SSSR count). The molecule has 0 fully saturated rings. The predicted molar refractivity (Wildman–Crippen MR) is 72.5 cm³/mol. The number of aromatic nitrogens is 1. The molecule has 104 valence electrons. The van der Waals surface area contributed by atoms with Crippen molar-refractivity contribution in [3.63, 3.8) is 0 Å². The van der Waals surface area contributed by atoms with Crippen LogP contribution in [-0.2, 0) is 11.3 Å². The molecule has 0 spiro atoms. The van der Waals surface area contributed by atoms with Crippen LogP contribution >= 0.6 is 0 Å². The number of amides is 3. The van der Waals surface area contributed by atoms with Crippen molar-refractivity contribution < 1.29 is 14.2 Å². The van der Waals surface area contributed by atoms with E-state index in [1.54, 1.807) is 0 Å². The lowest BCUT2D eigenvalue weighted by Crippen LogP contribution is -2.50. The van der Waals surface area contributed by atoms with Crippen molar-refractivity contribution in [3.05, 3.63) is 29.6 Å². The number of nitrogens with one attached hydrogen (secondary N) is 2. The Morgan fingerprint density at radius 3 is 2.68 bits per heavy atom. The molecule has 1 atom stereocenters. The summed E-state index contributed by atoms with van der Waals surface area (Å²) in [5, 5.41) is 5.02. The SMILES string of the molecule is CC[C@H](C)NC(=O)NC(=O)C[n+]1cccc(C)c1C. The van der Waals surface area contributed by atoms with Crippen LogP contribution in [0.1, 0.15) is 31.5 Å². The lowest BCUT2D eigenvalue weighted by atomic mass is 10.2. The summed E-state index contributed by atoms with van der Waals surface area (Å²) in [6.45, 7) is 7.94. The number of aryl methyl sites for hydroxylation is 1. The Bertz CT molecular complexity index is 472. The topological polar surface area (TPSA) is 62.1 Å². The van der Waals surface area contributed by atoms with Crippen LogP contribution in [0.5, 0.6) is 0 Å². The maximum absolute atomic E-state index is 11.8. The Labute approximate surface area is 114 Å². The van der Waals surface area contributed by atoms with E-state index in [9.17, 15) is 9.59 Å². The molecular weight excluding hydrogens is 242 g/mol. The van der Waals surface area contributed by atoms with Gasteiger partial charge >= 0.3 is 6.03 Å². The first-order valence-corrected chi connectivity index (χ1v) is 6.50. The summed E-state index contributed by atoms with van der Waals surface area (Å²) >= 11 is 0. The number of hydrogen-bond acceptors (Lipinski definition) is 2. The van der Waals surface area contributed by atoms with Gasteiger partial charge in [-0.25, -0.2) is 4.79 Å². The van der Waals surface area contributed by atoms with E-state index in [0.29, 0.717) is 0 Å². The lowest BCUT2D eigenvalue weighted by molar-refractivity contribution is -0.690. The molecule has 5 nitrogen and oxygen atoms in total. The number of pyridine rings is 1.